The molecule has 88 valence electrons. The van der Waals surface area contributed by atoms with Gasteiger partial charge in [0, 0.05) is 0 Å². The average molecular weight is 220 g/mol. The van der Waals surface area contributed by atoms with E-state index in [0.29, 0.717) is 6.42 Å². The second-order valence-electron chi connectivity index (χ2n) is 4.57. The Balaban J connectivity index is 2.43. The summed E-state index contributed by atoms with van der Waals surface area (Å²) in [6.45, 7) is 0. The van der Waals surface area contributed by atoms with Crippen LogP contribution in [0.2, 0.25) is 0 Å². The molecular weight excluding hydrogens is 204 g/mol. The van der Waals surface area contributed by atoms with Crippen LogP contribution in [0.1, 0.15) is 19.3 Å². The summed E-state index contributed by atoms with van der Waals surface area (Å²) in [6.07, 6.45) is -6.00. The topological polar surface area (TPSA) is 121 Å². The Morgan fingerprint density at radius 3 is 1.40 bits per heavy atom. The van der Waals surface area contributed by atoms with Crippen LogP contribution in [0.4, 0.5) is 0 Å². The first kappa shape index (κ1) is 11.3. The van der Waals surface area contributed by atoms with Gasteiger partial charge in [0.2, 0.25) is 0 Å². The molecule has 0 bridgehead atoms. The summed E-state index contributed by atoms with van der Waals surface area (Å²) >= 11 is 0. The van der Waals surface area contributed by atoms with Gasteiger partial charge in [-0.2, -0.15) is 0 Å². The molecule has 0 spiro atoms. The molecule has 2 aliphatic carbocycles. The Bertz CT molecular complexity index is 245. The zero-order valence-electron chi connectivity index (χ0n) is 8.11. The second-order valence-corrected chi connectivity index (χ2v) is 4.57. The maximum Gasteiger partial charge on any atom is 0.124 e. The molecule has 2 rings (SSSR count). The van der Waals surface area contributed by atoms with Crippen molar-refractivity contribution in [3.63, 3.8) is 0 Å². The lowest BCUT2D eigenvalue weighted by molar-refractivity contribution is -0.300. The van der Waals surface area contributed by atoms with Crippen molar-refractivity contribution >= 4 is 0 Å². The van der Waals surface area contributed by atoms with Crippen LogP contribution in [-0.2, 0) is 0 Å². The number of hydrogen-bond donors (Lipinski definition) is 6. The maximum atomic E-state index is 10.1. The molecule has 2 aliphatic rings. The van der Waals surface area contributed by atoms with Crippen LogP contribution in [-0.4, -0.2) is 66.3 Å². The highest BCUT2D eigenvalue weighted by Crippen LogP contribution is 2.48. The van der Waals surface area contributed by atoms with E-state index >= 15 is 0 Å². The molecule has 6 N–H and O–H groups in total. The summed E-state index contributed by atoms with van der Waals surface area (Å²) in [5.41, 5.74) is -3.88. The fraction of sp³-hybridized carbons (Fsp3) is 1.00. The van der Waals surface area contributed by atoms with Gasteiger partial charge in [0.25, 0.3) is 0 Å². The summed E-state index contributed by atoms with van der Waals surface area (Å²) in [5, 5.41) is 58.2. The molecule has 0 amide bonds. The van der Waals surface area contributed by atoms with Gasteiger partial charge in [0.15, 0.2) is 0 Å². The summed E-state index contributed by atoms with van der Waals surface area (Å²) < 4.78 is 0. The van der Waals surface area contributed by atoms with Gasteiger partial charge >= 0.3 is 0 Å². The smallest absolute Gasteiger partial charge is 0.124 e. The molecule has 0 radical (unpaired) electrons. The molecular formula is C9H16O6. The standard InChI is InChI=1S/C9H16O6/c10-4-5(11)7(13)9(15)3-1-2-8(9,14)6(4)12/h4-7,10-15H,1-3H2/t4-,5-,6-,7+,8-,9-/m1/s1. The summed E-state index contributed by atoms with van der Waals surface area (Å²) in [4.78, 5) is 0. The van der Waals surface area contributed by atoms with E-state index in [-0.39, 0.29) is 12.8 Å². The minimum absolute atomic E-state index is 0.0888. The van der Waals surface area contributed by atoms with Crippen molar-refractivity contribution in [1.82, 2.24) is 0 Å². The summed E-state index contributed by atoms with van der Waals surface area (Å²) in [7, 11) is 0. The van der Waals surface area contributed by atoms with Gasteiger partial charge in [-0.05, 0) is 19.3 Å². The van der Waals surface area contributed by atoms with Gasteiger partial charge in [0.1, 0.15) is 35.6 Å². The molecule has 6 nitrogen and oxygen atoms in total. The van der Waals surface area contributed by atoms with Crippen LogP contribution in [0.5, 0.6) is 0 Å². The van der Waals surface area contributed by atoms with Crippen LogP contribution in [0.3, 0.4) is 0 Å². The van der Waals surface area contributed by atoms with Crippen LogP contribution in [0.25, 0.3) is 0 Å². The Labute approximate surface area is 86.4 Å². The van der Waals surface area contributed by atoms with E-state index in [0.717, 1.165) is 0 Å². The molecule has 0 aromatic rings. The number of aliphatic hydroxyl groups excluding tert-OH is 4. The second kappa shape index (κ2) is 3.13. The first-order chi connectivity index (χ1) is 6.84. The predicted octanol–water partition coefficient (Wildman–Crippen LogP) is -2.91. The highest BCUT2D eigenvalue weighted by Gasteiger charge is 2.68. The number of fused-ring (bicyclic) bond motifs is 1. The van der Waals surface area contributed by atoms with Gasteiger partial charge in [-0.3, -0.25) is 0 Å². The molecule has 0 saturated heterocycles. The fourth-order valence-electron chi connectivity index (χ4n) is 2.81. The van der Waals surface area contributed by atoms with Crippen LogP contribution in [0.15, 0.2) is 0 Å². The van der Waals surface area contributed by atoms with Crippen molar-refractivity contribution in [3.8, 4) is 0 Å². The lowest BCUT2D eigenvalue weighted by Gasteiger charge is -2.51. The third-order valence-corrected chi connectivity index (χ3v) is 3.84. The van der Waals surface area contributed by atoms with Crippen molar-refractivity contribution < 1.29 is 30.6 Å². The van der Waals surface area contributed by atoms with E-state index < -0.39 is 35.6 Å². The van der Waals surface area contributed by atoms with Gasteiger partial charge in [-0.25, -0.2) is 0 Å². The van der Waals surface area contributed by atoms with Gasteiger partial charge in [-0.15, -0.1) is 0 Å². The first-order valence-corrected chi connectivity index (χ1v) is 5.01. The minimum Gasteiger partial charge on any atom is -0.387 e. The van der Waals surface area contributed by atoms with Crippen molar-refractivity contribution in [1.29, 1.82) is 0 Å². The molecule has 6 heteroatoms. The number of rotatable bonds is 0. The SMILES string of the molecule is O[C@@H]1[C@@H](O)[C@H](O)[C@]2(O)CCC[C@@]2(O)[C@@H]1O. The molecule has 0 heterocycles. The zero-order valence-corrected chi connectivity index (χ0v) is 8.11. The van der Waals surface area contributed by atoms with E-state index in [4.69, 9.17) is 0 Å². The minimum atomic E-state index is -1.94. The van der Waals surface area contributed by atoms with Crippen LogP contribution in [0, 0.1) is 0 Å². The lowest BCUT2D eigenvalue weighted by atomic mass is 9.68. The van der Waals surface area contributed by atoms with Gasteiger partial charge < -0.3 is 30.6 Å². The third-order valence-electron chi connectivity index (χ3n) is 3.84. The highest BCUT2D eigenvalue weighted by molar-refractivity contribution is 5.19. The Morgan fingerprint density at radius 2 is 1.07 bits per heavy atom. The van der Waals surface area contributed by atoms with E-state index in [9.17, 15) is 30.6 Å². The normalized spacial score (nSPS) is 60.4. The Kier molecular flexibility index (Phi) is 2.35. The van der Waals surface area contributed by atoms with Crippen molar-refractivity contribution in [2.75, 3.05) is 0 Å². The van der Waals surface area contributed by atoms with Crippen LogP contribution >= 0.6 is 0 Å². The third kappa shape index (κ3) is 1.15. The molecule has 0 unspecified atom stereocenters. The molecule has 0 aromatic heterocycles. The molecule has 2 fully saturated rings. The average Bonchev–Trinajstić information content (AvgIpc) is 2.52. The Morgan fingerprint density at radius 1 is 0.733 bits per heavy atom. The molecule has 15 heavy (non-hydrogen) atoms. The largest absolute Gasteiger partial charge is 0.387 e. The quantitative estimate of drug-likeness (QED) is 0.260. The van der Waals surface area contributed by atoms with Gasteiger partial charge in [-0.1, -0.05) is 0 Å². The summed E-state index contributed by atoms with van der Waals surface area (Å²) in [6, 6.07) is 0. The molecule has 2 saturated carbocycles. The first-order valence-electron chi connectivity index (χ1n) is 5.01. The van der Waals surface area contributed by atoms with E-state index in [1.165, 1.54) is 0 Å². The summed E-state index contributed by atoms with van der Waals surface area (Å²) in [5.74, 6) is 0. The van der Waals surface area contributed by atoms with E-state index in [1.807, 2.05) is 0 Å². The fourth-order valence-corrected chi connectivity index (χ4v) is 2.81. The van der Waals surface area contributed by atoms with Crippen molar-refractivity contribution in [2.24, 2.45) is 0 Å². The predicted molar refractivity (Wildman–Crippen MR) is 47.8 cm³/mol. The van der Waals surface area contributed by atoms with E-state index in [2.05, 4.69) is 0 Å². The van der Waals surface area contributed by atoms with Gasteiger partial charge in [0.05, 0.1) is 0 Å². The Hall–Kier alpha value is -0.240. The van der Waals surface area contributed by atoms with Crippen molar-refractivity contribution in [2.45, 2.75) is 54.9 Å². The monoisotopic (exact) mass is 220 g/mol. The molecule has 0 aliphatic heterocycles. The number of hydrogen-bond acceptors (Lipinski definition) is 6. The van der Waals surface area contributed by atoms with Crippen LogP contribution < -0.4 is 0 Å². The van der Waals surface area contributed by atoms with Crippen molar-refractivity contribution in [3.05, 3.63) is 0 Å². The molecule has 6 atom stereocenters. The lowest BCUT2D eigenvalue weighted by Crippen LogP contribution is -2.75. The highest BCUT2D eigenvalue weighted by atomic mass is 16.4. The number of aliphatic hydroxyl groups is 6. The maximum absolute atomic E-state index is 10.1. The van der Waals surface area contributed by atoms with E-state index in [1.54, 1.807) is 0 Å². The zero-order chi connectivity index (χ0) is 11.4. The molecule has 0 aromatic carbocycles.